The van der Waals surface area contributed by atoms with E-state index < -0.39 is 0 Å². The fourth-order valence-electron chi connectivity index (χ4n) is 2.89. The van der Waals surface area contributed by atoms with E-state index in [4.69, 9.17) is 21.3 Å². The monoisotopic (exact) mass is 414 g/mol. The largest absolute Gasteiger partial charge is 0.492 e. The van der Waals surface area contributed by atoms with Gasteiger partial charge in [0, 0.05) is 37.8 Å². The number of nitrogens with one attached hydrogen (secondary N) is 1. The molecule has 154 valence electrons. The molecule has 0 aliphatic carbocycles. The smallest absolute Gasteiger partial charge is 0.193 e. The van der Waals surface area contributed by atoms with Crippen LogP contribution in [0.2, 0.25) is 5.02 Å². The zero-order valence-electron chi connectivity index (χ0n) is 16.9. The molecule has 3 aromatic rings. The Morgan fingerprint density at radius 3 is 2.83 bits per heavy atom. The highest BCUT2D eigenvalue weighted by Crippen LogP contribution is 2.15. The van der Waals surface area contributed by atoms with E-state index in [0.717, 1.165) is 49.1 Å². The van der Waals surface area contributed by atoms with E-state index in [1.54, 1.807) is 0 Å². The molecule has 7 nitrogen and oxygen atoms in total. The summed E-state index contributed by atoms with van der Waals surface area (Å²) in [7, 11) is 2.01. The fraction of sp³-hybridized carbons (Fsp3) is 0.381. The number of hydrogen-bond acceptors (Lipinski definition) is 4. The Balaban J connectivity index is 1.47. The van der Waals surface area contributed by atoms with Crippen LogP contribution in [-0.2, 0) is 6.42 Å². The van der Waals surface area contributed by atoms with Crippen molar-refractivity contribution < 1.29 is 4.74 Å². The predicted octanol–water partition coefficient (Wildman–Crippen LogP) is 3.29. The molecule has 0 unspecified atom stereocenters. The van der Waals surface area contributed by atoms with Crippen molar-refractivity contribution in [2.45, 2.75) is 19.8 Å². The maximum Gasteiger partial charge on any atom is 0.193 e. The molecule has 0 bridgehead atoms. The number of fused-ring (bicyclic) bond motifs is 1. The summed E-state index contributed by atoms with van der Waals surface area (Å²) in [6, 6.07) is 13.3. The van der Waals surface area contributed by atoms with E-state index >= 15 is 0 Å². The van der Waals surface area contributed by atoms with Crippen molar-refractivity contribution in [3.8, 4) is 5.75 Å². The van der Waals surface area contributed by atoms with Gasteiger partial charge in [0.15, 0.2) is 11.6 Å². The number of aryl methyl sites for hydroxylation is 1. The van der Waals surface area contributed by atoms with E-state index in [1.807, 2.05) is 60.1 Å². The highest BCUT2D eigenvalue weighted by Gasteiger charge is 2.07. The average Bonchev–Trinajstić information content (AvgIpc) is 3.15. The molecule has 0 saturated carbocycles. The second-order valence-electron chi connectivity index (χ2n) is 6.61. The Hall–Kier alpha value is -2.80. The number of halogens is 1. The van der Waals surface area contributed by atoms with Crippen molar-refractivity contribution in [3.63, 3.8) is 0 Å². The van der Waals surface area contributed by atoms with Gasteiger partial charge in [0.05, 0.1) is 6.54 Å². The standard InChI is InChI=1S/C21H27ClN6O/c1-3-23-21(27(2)15-16-29-18-11-9-17(22)10-12-18)24-13-6-8-20-26-25-19-7-4-5-14-28(19)20/h4-5,7,9-12,14H,3,6,8,13,15-16H2,1-2H3,(H,23,24). The van der Waals surface area contributed by atoms with Crippen molar-refractivity contribution in [1.82, 2.24) is 24.8 Å². The van der Waals surface area contributed by atoms with Gasteiger partial charge in [-0.25, -0.2) is 0 Å². The number of aromatic nitrogens is 3. The molecular weight excluding hydrogens is 388 g/mol. The summed E-state index contributed by atoms with van der Waals surface area (Å²) in [4.78, 5) is 6.81. The lowest BCUT2D eigenvalue weighted by Crippen LogP contribution is -2.41. The Labute approximate surface area is 176 Å². The van der Waals surface area contributed by atoms with Crippen LogP contribution in [0, 0.1) is 0 Å². The Morgan fingerprint density at radius 1 is 1.21 bits per heavy atom. The summed E-state index contributed by atoms with van der Waals surface area (Å²) in [5, 5.41) is 12.5. The molecule has 3 rings (SSSR count). The lowest BCUT2D eigenvalue weighted by Gasteiger charge is -2.22. The third-order valence-electron chi connectivity index (χ3n) is 4.41. The van der Waals surface area contributed by atoms with E-state index in [9.17, 15) is 0 Å². The summed E-state index contributed by atoms with van der Waals surface area (Å²) < 4.78 is 7.80. The predicted molar refractivity (Wildman–Crippen MR) is 117 cm³/mol. The molecule has 0 amide bonds. The molecule has 29 heavy (non-hydrogen) atoms. The van der Waals surface area contributed by atoms with Crippen LogP contribution in [0.5, 0.6) is 5.75 Å². The summed E-state index contributed by atoms with van der Waals surface area (Å²) in [5.41, 5.74) is 0.875. The van der Waals surface area contributed by atoms with Gasteiger partial charge in [-0.3, -0.25) is 9.39 Å². The summed E-state index contributed by atoms with van der Waals surface area (Å²) in [5.74, 6) is 2.65. The Bertz CT molecular complexity index is 924. The first-order valence-electron chi connectivity index (χ1n) is 9.84. The van der Waals surface area contributed by atoms with Crippen LogP contribution in [0.1, 0.15) is 19.2 Å². The van der Waals surface area contributed by atoms with Crippen molar-refractivity contribution >= 4 is 23.2 Å². The van der Waals surface area contributed by atoms with Crippen molar-refractivity contribution in [3.05, 3.63) is 59.5 Å². The first-order valence-corrected chi connectivity index (χ1v) is 10.2. The molecule has 0 aliphatic heterocycles. The van der Waals surface area contributed by atoms with E-state index in [0.29, 0.717) is 18.2 Å². The van der Waals surface area contributed by atoms with Crippen LogP contribution >= 0.6 is 11.6 Å². The third kappa shape index (κ3) is 6.09. The minimum absolute atomic E-state index is 0.564. The molecule has 1 N–H and O–H groups in total. The minimum Gasteiger partial charge on any atom is -0.492 e. The number of likely N-dealkylation sites (N-methyl/N-ethyl adjacent to an activating group) is 1. The lowest BCUT2D eigenvalue weighted by atomic mass is 10.3. The van der Waals surface area contributed by atoms with Gasteiger partial charge < -0.3 is 15.0 Å². The minimum atomic E-state index is 0.564. The highest BCUT2D eigenvalue weighted by molar-refractivity contribution is 6.30. The molecule has 1 aromatic carbocycles. The average molecular weight is 415 g/mol. The summed E-state index contributed by atoms with van der Waals surface area (Å²) in [6.07, 6.45) is 3.73. The molecule has 0 radical (unpaired) electrons. The number of aliphatic imine (C=N–C) groups is 1. The van der Waals surface area contributed by atoms with E-state index in [-0.39, 0.29) is 0 Å². The molecule has 0 saturated heterocycles. The SMILES string of the molecule is CCNC(=NCCCc1nnc2ccccn12)N(C)CCOc1ccc(Cl)cc1. The topological polar surface area (TPSA) is 67.0 Å². The van der Waals surface area contributed by atoms with Crippen molar-refractivity contribution in [1.29, 1.82) is 0 Å². The molecule has 0 fully saturated rings. The molecule has 0 atom stereocenters. The van der Waals surface area contributed by atoms with Crippen LogP contribution in [0.3, 0.4) is 0 Å². The summed E-state index contributed by atoms with van der Waals surface area (Å²) >= 11 is 5.90. The van der Waals surface area contributed by atoms with Crippen LogP contribution in [0.15, 0.2) is 53.7 Å². The number of hydrogen-bond donors (Lipinski definition) is 1. The first-order chi connectivity index (χ1) is 14.2. The zero-order chi connectivity index (χ0) is 20.5. The van der Waals surface area contributed by atoms with E-state index in [1.165, 1.54) is 0 Å². The fourth-order valence-corrected chi connectivity index (χ4v) is 3.02. The maximum absolute atomic E-state index is 5.90. The molecule has 2 heterocycles. The molecule has 0 spiro atoms. The molecule has 0 aliphatic rings. The zero-order valence-corrected chi connectivity index (χ0v) is 17.6. The molecular formula is C21H27ClN6O. The highest BCUT2D eigenvalue weighted by atomic mass is 35.5. The number of guanidine groups is 1. The van der Waals surface area contributed by atoms with Crippen LogP contribution in [-0.4, -0.2) is 58.7 Å². The van der Waals surface area contributed by atoms with Gasteiger partial charge in [-0.05, 0) is 49.7 Å². The van der Waals surface area contributed by atoms with Crippen molar-refractivity contribution in [2.24, 2.45) is 4.99 Å². The normalized spacial score (nSPS) is 11.6. The molecule has 2 aromatic heterocycles. The van der Waals surface area contributed by atoms with Gasteiger partial charge in [0.2, 0.25) is 0 Å². The maximum atomic E-state index is 5.90. The van der Waals surface area contributed by atoms with Gasteiger partial charge in [-0.15, -0.1) is 10.2 Å². The Morgan fingerprint density at radius 2 is 2.03 bits per heavy atom. The number of rotatable bonds is 9. The van der Waals surface area contributed by atoms with Gasteiger partial charge in [0.1, 0.15) is 18.2 Å². The number of pyridine rings is 1. The van der Waals surface area contributed by atoms with Crippen LogP contribution in [0.25, 0.3) is 5.65 Å². The second-order valence-corrected chi connectivity index (χ2v) is 7.04. The Kier molecular flexibility index (Phi) is 7.69. The van der Waals surface area contributed by atoms with Gasteiger partial charge in [-0.2, -0.15) is 0 Å². The quantitative estimate of drug-likeness (QED) is 0.330. The van der Waals surface area contributed by atoms with Gasteiger partial charge in [-0.1, -0.05) is 17.7 Å². The number of nitrogens with zero attached hydrogens (tertiary/aromatic N) is 5. The van der Waals surface area contributed by atoms with E-state index in [2.05, 4.69) is 27.3 Å². The molecule has 8 heteroatoms. The number of benzene rings is 1. The van der Waals surface area contributed by atoms with Gasteiger partial charge in [0.25, 0.3) is 0 Å². The van der Waals surface area contributed by atoms with Crippen LogP contribution in [0.4, 0.5) is 0 Å². The van der Waals surface area contributed by atoms with Crippen LogP contribution < -0.4 is 10.1 Å². The second kappa shape index (κ2) is 10.7. The summed E-state index contributed by atoms with van der Waals surface area (Å²) in [6.45, 7) is 4.88. The third-order valence-corrected chi connectivity index (χ3v) is 4.66. The first kappa shape index (κ1) is 20.9. The van der Waals surface area contributed by atoms with Crippen molar-refractivity contribution in [2.75, 3.05) is 33.3 Å². The van der Waals surface area contributed by atoms with Gasteiger partial charge >= 0.3 is 0 Å². The lowest BCUT2D eigenvalue weighted by molar-refractivity contribution is 0.281. The number of ether oxygens (including phenoxy) is 1.